The van der Waals surface area contributed by atoms with Crippen LogP contribution in [-0.4, -0.2) is 21.5 Å². The zero-order valence-electron chi connectivity index (χ0n) is 14.4. The summed E-state index contributed by atoms with van der Waals surface area (Å²) >= 11 is 0. The Hall–Kier alpha value is -3.07. The first-order valence-electron chi connectivity index (χ1n) is 8.02. The van der Waals surface area contributed by atoms with Gasteiger partial charge in [-0.15, -0.1) is 0 Å². The van der Waals surface area contributed by atoms with Gasteiger partial charge in [-0.3, -0.25) is 9.59 Å². The first-order chi connectivity index (χ1) is 11.8. The van der Waals surface area contributed by atoms with E-state index in [1.165, 1.54) is 11.6 Å². The molecule has 6 heteroatoms. The largest absolute Gasteiger partial charge is 0.292 e. The van der Waals surface area contributed by atoms with E-state index in [0.29, 0.717) is 29.8 Å². The summed E-state index contributed by atoms with van der Waals surface area (Å²) in [6, 6.07) is 11.2. The first kappa shape index (κ1) is 16.8. The number of para-hydroxylation sites is 1. The number of ketones is 1. The van der Waals surface area contributed by atoms with E-state index in [0.717, 1.165) is 0 Å². The van der Waals surface area contributed by atoms with Crippen LogP contribution in [0.2, 0.25) is 0 Å². The van der Waals surface area contributed by atoms with Crippen molar-refractivity contribution in [1.29, 1.82) is 5.26 Å². The maximum Gasteiger partial charge on any atom is 0.244 e. The maximum absolute atomic E-state index is 12.6. The van der Waals surface area contributed by atoms with Gasteiger partial charge in [0.1, 0.15) is 17.3 Å². The molecule has 1 aromatic carbocycles. The average Bonchev–Trinajstić information content (AvgIpc) is 2.54. The van der Waals surface area contributed by atoms with E-state index in [1.807, 2.05) is 32.0 Å². The summed E-state index contributed by atoms with van der Waals surface area (Å²) in [5, 5.41) is 14.2. The lowest BCUT2D eigenvalue weighted by atomic mass is 9.74. The van der Waals surface area contributed by atoms with Crippen molar-refractivity contribution < 1.29 is 9.59 Å². The van der Waals surface area contributed by atoms with Crippen molar-refractivity contribution in [2.24, 2.45) is 10.4 Å². The molecule has 1 heterocycles. The third-order valence-corrected chi connectivity index (χ3v) is 4.15. The lowest BCUT2D eigenvalue weighted by Gasteiger charge is -2.30. The quantitative estimate of drug-likeness (QED) is 0.801. The van der Waals surface area contributed by atoms with Gasteiger partial charge in [0.15, 0.2) is 11.3 Å². The molecule has 25 heavy (non-hydrogen) atoms. The molecule has 0 fully saturated rings. The van der Waals surface area contributed by atoms with Crippen LogP contribution in [0.25, 0.3) is 5.69 Å². The number of nitriles is 1. The number of benzene rings is 1. The van der Waals surface area contributed by atoms with E-state index >= 15 is 0 Å². The molecule has 1 aliphatic rings. The second-order valence-electron chi connectivity index (χ2n) is 6.96. The fourth-order valence-electron chi connectivity index (χ4n) is 3.14. The number of carbonyl (C=O) groups excluding carboxylic acids is 2. The number of aromatic nitrogens is 2. The highest BCUT2D eigenvalue weighted by molar-refractivity contribution is 5.97. The summed E-state index contributed by atoms with van der Waals surface area (Å²) in [6.07, 6.45) is 0.913. The summed E-state index contributed by atoms with van der Waals surface area (Å²) in [5.41, 5.74) is 1.66. The third kappa shape index (κ3) is 3.13. The minimum atomic E-state index is -0.427. The molecule has 2 aromatic rings. The van der Waals surface area contributed by atoms with Crippen LogP contribution in [0.3, 0.4) is 0 Å². The Bertz CT molecular complexity index is 979. The van der Waals surface area contributed by atoms with Gasteiger partial charge in [0.25, 0.3) is 0 Å². The lowest BCUT2D eigenvalue weighted by Crippen LogP contribution is -2.36. The number of nitrogens with zero attached hydrogens (tertiary/aromatic N) is 4. The zero-order valence-corrected chi connectivity index (χ0v) is 14.4. The molecular formula is C19H18N4O2. The van der Waals surface area contributed by atoms with Crippen molar-refractivity contribution in [3.63, 3.8) is 0 Å². The van der Waals surface area contributed by atoms with Crippen molar-refractivity contribution in [2.45, 2.75) is 33.6 Å². The van der Waals surface area contributed by atoms with Crippen LogP contribution in [0.1, 0.15) is 48.8 Å². The Kier molecular flexibility index (Phi) is 4.09. The molecule has 0 N–H and O–H groups in total. The molecule has 1 aliphatic carbocycles. The topological polar surface area (TPSA) is 88.1 Å². The standard InChI is InChI=1S/C19H18N4O2/c1-12(24)21-18-15(11-20)14-9-19(2,3)10-16(25)17(14)22-23(18)13-7-5-4-6-8-13/h4-8H,9-10H2,1-3H3. The first-order valence-corrected chi connectivity index (χ1v) is 8.02. The highest BCUT2D eigenvalue weighted by atomic mass is 16.1. The Balaban J connectivity index is 2.43. The van der Waals surface area contributed by atoms with Crippen molar-refractivity contribution in [3.05, 3.63) is 52.6 Å². The summed E-state index contributed by atoms with van der Waals surface area (Å²) in [6.45, 7) is 5.29. The fourth-order valence-corrected chi connectivity index (χ4v) is 3.14. The summed E-state index contributed by atoms with van der Waals surface area (Å²) in [7, 11) is 0. The van der Waals surface area contributed by atoms with Crippen LogP contribution in [0.15, 0.2) is 35.3 Å². The molecule has 0 spiro atoms. The van der Waals surface area contributed by atoms with E-state index in [9.17, 15) is 14.9 Å². The average molecular weight is 334 g/mol. The number of fused-ring (bicyclic) bond motifs is 1. The van der Waals surface area contributed by atoms with Crippen LogP contribution in [0, 0.1) is 16.7 Å². The Morgan fingerprint density at radius 3 is 2.56 bits per heavy atom. The van der Waals surface area contributed by atoms with Crippen LogP contribution < -0.4 is 5.49 Å². The smallest absolute Gasteiger partial charge is 0.244 e. The van der Waals surface area contributed by atoms with Crippen LogP contribution in [-0.2, 0) is 11.2 Å². The zero-order chi connectivity index (χ0) is 18.2. The summed E-state index contributed by atoms with van der Waals surface area (Å²) in [5.74, 6) is -0.522. The molecule has 0 unspecified atom stereocenters. The van der Waals surface area contributed by atoms with Gasteiger partial charge in [-0.25, -0.2) is 4.68 Å². The number of hydrogen-bond acceptors (Lipinski definition) is 4. The Labute approximate surface area is 145 Å². The minimum absolute atomic E-state index is 0.0955. The Morgan fingerprint density at radius 1 is 1.28 bits per heavy atom. The maximum atomic E-state index is 12.6. The van der Waals surface area contributed by atoms with Gasteiger partial charge in [0.05, 0.1) is 5.69 Å². The van der Waals surface area contributed by atoms with E-state index in [2.05, 4.69) is 16.2 Å². The van der Waals surface area contributed by atoms with Crippen LogP contribution >= 0.6 is 0 Å². The number of Topliss-reactive ketones (excluding diaryl/α,β-unsaturated/α-hetero) is 1. The van der Waals surface area contributed by atoms with Gasteiger partial charge >= 0.3 is 0 Å². The molecule has 0 bridgehead atoms. The van der Waals surface area contributed by atoms with Gasteiger partial charge in [0, 0.05) is 18.9 Å². The van der Waals surface area contributed by atoms with E-state index in [1.54, 1.807) is 12.1 Å². The number of carbonyl (C=O) groups is 2. The van der Waals surface area contributed by atoms with Crippen molar-refractivity contribution in [2.75, 3.05) is 0 Å². The predicted octanol–water partition coefficient (Wildman–Crippen LogP) is 2.35. The summed E-state index contributed by atoms with van der Waals surface area (Å²) in [4.78, 5) is 28.3. The van der Waals surface area contributed by atoms with Gasteiger partial charge < -0.3 is 0 Å². The van der Waals surface area contributed by atoms with Gasteiger partial charge in [-0.05, 0) is 24.0 Å². The highest BCUT2D eigenvalue weighted by Gasteiger charge is 2.35. The number of hydrogen-bond donors (Lipinski definition) is 0. The number of amides is 1. The van der Waals surface area contributed by atoms with Crippen molar-refractivity contribution >= 4 is 11.7 Å². The van der Waals surface area contributed by atoms with Gasteiger partial charge in [0.2, 0.25) is 5.91 Å². The van der Waals surface area contributed by atoms with Gasteiger partial charge in [-0.2, -0.15) is 15.4 Å². The fraction of sp³-hybridized carbons (Fsp3) is 0.316. The molecule has 6 nitrogen and oxygen atoms in total. The molecule has 0 saturated carbocycles. The third-order valence-electron chi connectivity index (χ3n) is 4.15. The lowest BCUT2D eigenvalue weighted by molar-refractivity contribution is -0.116. The normalized spacial score (nSPS) is 16.2. The number of rotatable bonds is 1. The van der Waals surface area contributed by atoms with Crippen LogP contribution in [0.4, 0.5) is 0 Å². The second kappa shape index (κ2) is 6.10. The van der Waals surface area contributed by atoms with Crippen molar-refractivity contribution in [3.8, 4) is 11.8 Å². The minimum Gasteiger partial charge on any atom is -0.292 e. The second-order valence-corrected chi connectivity index (χ2v) is 6.96. The molecule has 0 aliphatic heterocycles. The van der Waals surface area contributed by atoms with Crippen molar-refractivity contribution in [1.82, 2.24) is 9.78 Å². The molecule has 126 valence electrons. The molecule has 0 atom stereocenters. The highest BCUT2D eigenvalue weighted by Crippen LogP contribution is 2.34. The van der Waals surface area contributed by atoms with Gasteiger partial charge in [-0.1, -0.05) is 32.0 Å². The molecule has 3 rings (SSSR count). The Morgan fingerprint density at radius 2 is 1.96 bits per heavy atom. The van der Waals surface area contributed by atoms with E-state index < -0.39 is 5.91 Å². The summed E-state index contributed by atoms with van der Waals surface area (Å²) < 4.78 is 1.41. The molecule has 1 amide bonds. The molecule has 0 radical (unpaired) electrons. The SMILES string of the molecule is CC(=O)N=c1c(C#N)c2c(nn1-c1ccccc1)C(=O)CC(C)(C)C2. The van der Waals surface area contributed by atoms with E-state index in [4.69, 9.17) is 0 Å². The molecular weight excluding hydrogens is 316 g/mol. The molecule has 0 saturated heterocycles. The van der Waals surface area contributed by atoms with E-state index in [-0.39, 0.29) is 22.2 Å². The monoisotopic (exact) mass is 334 g/mol. The predicted molar refractivity (Wildman–Crippen MR) is 91.0 cm³/mol. The molecule has 1 aromatic heterocycles. The van der Waals surface area contributed by atoms with Crippen LogP contribution in [0.5, 0.6) is 0 Å².